The van der Waals surface area contributed by atoms with Crippen LogP contribution in [-0.2, 0) is 0 Å². The fourth-order valence-electron chi connectivity index (χ4n) is 1.00. The molecule has 0 fully saturated rings. The molecule has 0 bridgehead atoms. The summed E-state index contributed by atoms with van der Waals surface area (Å²) in [4.78, 5) is 0. The molecular formula is C10H10O3. The molecule has 1 aromatic carbocycles. The third kappa shape index (κ3) is 1.85. The van der Waals surface area contributed by atoms with E-state index in [2.05, 4.69) is 6.11 Å². The number of para-hydroxylation sites is 1. The van der Waals surface area contributed by atoms with Gasteiger partial charge in [0.2, 0.25) is 5.75 Å². The number of methoxy groups -OCH3 is 2. The monoisotopic (exact) mass is 178 g/mol. The molecule has 3 nitrogen and oxygen atoms in total. The zero-order valence-corrected chi connectivity index (χ0v) is 7.53. The lowest BCUT2D eigenvalue weighted by Gasteiger charge is -2.09. The first kappa shape index (κ1) is 9.27. The third-order valence-electron chi connectivity index (χ3n) is 1.54. The zero-order valence-electron chi connectivity index (χ0n) is 7.53. The van der Waals surface area contributed by atoms with Crippen LogP contribution in [0.4, 0.5) is 0 Å². The van der Waals surface area contributed by atoms with E-state index in [9.17, 15) is 0 Å². The van der Waals surface area contributed by atoms with Crippen LogP contribution in [0, 0.1) is 12.5 Å². The first-order valence-electron chi connectivity index (χ1n) is 3.67. The molecule has 0 aliphatic rings. The van der Waals surface area contributed by atoms with Crippen molar-refractivity contribution in [3.05, 3.63) is 18.2 Å². The molecule has 0 aromatic heterocycles. The summed E-state index contributed by atoms with van der Waals surface area (Å²) in [6.45, 7) is 0. The van der Waals surface area contributed by atoms with Crippen LogP contribution in [0.15, 0.2) is 18.2 Å². The number of rotatable bonds is 3. The van der Waals surface area contributed by atoms with E-state index in [0.717, 1.165) is 0 Å². The summed E-state index contributed by atoms with van der Waals surface area (Å²) < 4.78 is 15.0. The highest BCUT2D eigenvalue weighted by Gasteiger charge is 2.09. The Bertz CT molecular complexity index is 325. The number of benzene rings is 1. The highest BCUT2D eigenvalue weighted by Crippen LogP contribution is 2.36. The predicted molar refractivity (Wildman–Crippen MR) is 49.0 cm³/mol. The van der Waals surface area contributed by atoms with Crippen molar-refractivity contribution in [2.45, 2.75) is 0 Å². The van der Waals surface area contributed by atoms with Gasteiger partial charge in [-0.2, -0.15) is 0 Å². The molecule has 0 atom stereocenters. The van der Waals surface area contributed by atoms with Crippen LogP contribution in [0.25, 0.3) is 0 Å². The van der Waals surface area contributed by atoms with Gasteiger partial charge in [0.25, 0.3) is 0 Å². The SMILES string of the molecule is C#COc1cccc(OC)c1OC. The van der Waals surface area contributed by atoms with Gasteiger partial charge in [0.15, 0.2) is 11.5 Å². The molecule has 0 aliphatic carbocycles. The molecule has 13 heavy (non-hydrogen) atoms. The summed E-state index contributed by atoms with van der Waals surface area (Å²) >= 11 is 0. The average Bonchev–Trinajstić information content (AvgIpc) is 2.18. The number of hydrogen-bond acceptors (Lipinski definition) is 3. The van der Waals surface area contributed by atoms with E-state index in [-0.39, 0.29) is 0 Å². The van der Waals surface area contributed by atoms with Crippen molar-refractivity contribution in [3.8, 4) is 29.8 Å². The molecule has 0 saturated heterocycles. The lowest BCUT2D eigenvalue weighted by atomic mass is 10.3. The quantitative estimate of drug-likeness (QED) is 0.659. The highest BCUT2D eigenvalue weighted by molar-refractivity contribution is 5.51. The predicted octanol–water partition coefficient (Wildman–Crippen LogP) is 1.67. The molecule has 0 saturated carbocycles. The molecule has 0 radical (unpaired) electrons. The van der Waals surface area contributed by atoms with Gasteiger partial charge >= 0.3 is 0 Å². The topological polar surface area (TPSA) is 27.7 Å². The molecule has 0 amide bonds. The maximum absolute atomic E-state index is 5.07. The maximum Gasteiger partial charge on any atom is 0.205 e. The number of terminal acetylenes is 1. The van der Waals surface area contributed by atoms with Crippen LogP contribution < -0.4 is 14.2 Å². The molecule has 1 aromatic rings. The maximum atomic E-state index is 5.07. The Kier molecular flexibility index (Phi) is 3.04. The summed E-state index contributed by atoms with van der Waals surface area (Å²) in [6.07, 6.45) is 7.08. The molecule has 0 aliphatic heterocycles. The summed E-state index contributed by atoms with van der Waals surface area (Å²) in [5.41, 5.74) is 0. The number of ether oxygens (including phenoxy) is 3. The van der Waals surface area contributed by atoms with Gasteiger partial charge in [0.1, 0.15) is 6.11 Å². The molecule has 0 spiro atoms. The second-order valence-corrected chi connectivity index (χ2v) is 2.21. The van der Waals surface area contributed by atoms with Crippen LogP contribution in [0.2, 0.25) is 0 Å². The minimum absolute atomic E-state index is 0.476. The van der Waals surface area contributed by atoms with E-state index < -0.39 is 0 Å². The van der Waals surface area contributed by atoms with Crippen molar-refractivity contribution < 1.29 is 14.2 Å². The first-order valence-corrected chi connectivity index (χ1v) is 3.67. The molecule has 0 unspecified atom stereocenters. The summed E-state index contributed by atoms with van der Waals surface area (Å²) in [6, 6.07) is 5.25. The van der Waals surface area contributed by atoms with E-state index >= 15 is 0 Å². The highest BCUT2D eigenvalue weighted by atomic mass is 16.5. The Hall–Kier alpha value is -1.82. The van der Waals surface area contributed by atoms with Gasteiger partial charge in [0, 0.05) is 0 Å². The minimum atomic E-state index is 0.476. The van der Waals surface area contributed by atoms with Crippen molar-refractivity contribution in [2.75, 3.05) is 14.2 Å². The van der Waals surface area contributed by atoms with Gasteiger partial charge in [-0.15, -0.1) is 0 Å². The molecule has 68 valence electrons. The van der Waals surface area contributed by atoms with E-state index in [1.165, 1.54) is 7.11 Å². The smallest absolute Gasteiger partial charge is 0.205 e. The molecular weight excluding hydrogens is 168 g/mol. The standard InChI is InChI=1S/C10H10O3/c1-4-13-9-7-5-6-8(11-2)10(9)12-3/h1,5-7H,2-3H3. The van der Waals surface area contributed by atoms with Crippen LogP contribution in [0.3, 0.4) is 0 Å². The van der Waals surface area contributed by atoms with Crippen molar-refractivity contribution in [2.24, 2.45) is 0 Å². The van der Waals surface area contributed by atoms with Crippen molar-refractivity contribution in [1.29, 1.82) is 0 Å². The minimum Gasteiger partial charge on any atom is -0.493 e. The van der Waals surface area contributed by atoms with E-state index in [1.54, 1.807) is 25.3 Å². The van der Waals surface area contributed by atoms with Gasteiger partial charge in [-0.05, 0) is 12.1 Å². The fourth-order valence-corrected chi connectivity index (χ4v) is 1.00. The Labute approximate surface area is 77.2 Å². The fraction of sp³-hybridized carbons (Fsp3) is 0.200. The first-order chi connectivity index (χ1) is 6.33. The molecule has 0 N–H and O–H groups in total. The van der Waals surface area contributed by atoms with Gasteiger partial charge in [-0.1, -0.05) is 12.5 Å². The summed E-state index contributed by atoms with van der Waals surface area (Å²) in [5.74, 6) is 1.57. The average molecular weight is 178 g/mol. The Morgan fingerprint density at radius 3 is 2.38 bits per heavy atom. The second kappa shape index (κ2) is 4.27. The Morgan fingerprint density at radius 1 is 1.15 bits per heavy atom. The lowest BCUT2D eigenvalue weighted by molar-refractivity contribution is 0.340. The van der Waals surface area contributed by atoms with Gasteiger partial charge < -0.3 is 14.2 Å². The normalized spacial score (nSPS) is 8.69. The van der Waals surface area contributed by atoms with Crippen LogP contribution in [0.1, 0.15) is 0 Å². The second-order valence-electron chi connectivity index (χ2n) is 2.21. The number of hydrogen-bond donors (Lipinski definition) is 0. The van der Waals surface area contributed by atoms with E-state index in [1.807, 2.05) is 0 Å². The summed E-state index contributed by atoms with van der Waals surface area (Å²) in [5, 5.41) is 0. The zero-order chi connectivity index (χ0) is 9.68. The summed E-state index contributed by atoms with van der Waals surface area (Å²) in [7, 11) is 3.08. The Morgan fingerprint density at radius 2 is 1.85 bits per heavy atom. The van der Waals surface area contributed by atoms with Crippen LogP contribution in [-0.4, -0.2) is 14.2 Å². The molecule has 0 heterocycles. The largest absolute Gasteiger partial charge is 0.493 e. The van der Waals surface area contributed by atoms with Crippen LogP contribution in [0.5, 0.6) is 17.2 Å². The van der Waals surface area contributed by atoms with E-state index in [0.29, 0.717) is 17.2 Å². The molecule has 1 rings (SSSR count). The van der Waals surface area contributed by atoms with Gasteiger partial charge in [-0.3, -0.25) is 0 Å². The molecule has 3 heteroatoms. The third-order valence-corrected chi connectivity index (χ3v) is 1.54. The van der Waals surface area contributed by atoms with Gasteiger partial charge in [0.05, 0.1) is 14.2 Å². The van der Waals surface area contributed by atoms with Gasteiger partial charge in [-0.25, -0.2) is 0 Å². The van der Waals surface area contributed by atoms with Crippen molar-refractivity contribution >= 4 is 0 Å². The Balaban J connectivity index is 3.12. The van der Waals surface area contributed by atoms with Crippen molar-refractivity contribution in [1.82, 2.24) is 0 Å². The van der Waals surface area contributed by atoms with Crippen LogP contribution >= 0.6 is 0 Å². The lowest BCUT2D eigenvalue weighted by Crippen LogP contribution is -1.93. The van der Waals surface area contributed by atoms with Crippen molar-refractivity contribution in [3.63, 3.8) is 0 Å². The van der Waals surface area contributed by atoms with E-state index in [4.69, 9.17) is 20.6 Å².